The predicted molar refractivity (Wildman–Crippen MR) is 64.1 cm³/mol. The Labute approximate surface area is 98.6 Å². The molecule has 0 aliphatic heterocycles. The van der Waals surface area contributed by atoms with E-state index in [-0.39, 0.29) is 0 Å². The number of pyridine rings is 1. The minimum absolute atomic E-state index is 0.428. The highest BCUT2D eigenvalue weighted by molar-refractivity contribution is 9.10. The van der Waals surface area contributed by atoms with E-state index in [1.165, 1.54) is 0 Å². The number of fused-ring (bicyclic) bond motifs is 3. The molecule has 0 bridgehead atoms. The summed E-state index contributed by atoms with van der Waals surface area (Å²) in [6.07, 6.45) is 1.83. The zero-order chi connectivity index (χ0) is 10.4. The van der Waals surface area contributed by atoms with Crippen molar-refractivity contribution in [1.82, 2.24) is 15.2 Å². The Bertz CT molecular complexity index is 662. The number of aromatic nitrogens is 3. The van der Waals surface area contributed by atoms with Crippen molar-refractivity contribution in [3.63, 3.8) is 0 Å². The van der Waals surface area contributed by atoms with Crippen LogP contribution >= 0.6 is 27.5 Å². The highest BCUT2D eigenvalue weighted by Gasteiger charge is 2.08. The Balaban J connectivity index is 2.60. The lowest BCUT2D eigenvalue weighted by atomic mass is 10.1. The third-order valence-electron chi connectivity index (χ3n) is 2.30. The largest absolute Gasteiger partial charge is 0.284 e. The first-order valence-electron chi connectivity index (χ1n) is 4.34. The molecule has 0 atom stereocenters. The van der Waals surface area contributed by atoms with Gasteiger partial charge in [0.2, 0.25) is 0 Å². The topological polar surface area (TPSA) is 41.6 Å². The van der Waals surface area contributed by atoms with Crippen molar-refractivity contribution in [2.24, 2.45) is 0 Å². The minimum Gasteiger partial charge on any atom is -0.284 e. The molecule has 0 fully saturated rings. The number of aromatic amines is 1. The summed E-state index contributed by atoms with van der Waals surface area (Å²) in [5, 5.41) is 9.33. The Morgan fingerprint density at radius 2 is 2.13 bits per heavy atom. The zero-order valence-electron chi connectivity index (χ0n) is 7.46. The third-order valence-corrected chi connectivity index (χ3v) is 3.06. The number of rotatable bonds is 0. The summed E-state index contributed by atoms with van der Waals surface area (Å²) in [5.41, 5.74) is 1.58. The minimum atomic E-state index is 0.428. The zero-order valence-corrected chi connectivity index (χ0v) is 9.80. The molecule has 0 spiro atoms. The van der Waals surface area contributed by atoms with Crippen LogP contribution in [0.25, 0.3) is 21.8 Å². The van der Waals surface area contributed by atoms with Gasteiger partial charge in [-0.15, -0.1) is 0 Å². The van der Waals surface area contributed by atoms with Gasteiger partial charge in [-0.1, -0.05) is 33.6 Å². The van der Waals surface area contributed by atoms with Gasteiger partial charge in [0.15, 0.2) is 5.15 Å². The second-order valence-corrected chi connectivity index (χ2v) is 4.49. The molecule has 1 N–H and O–H groups in total. The van der Waals surface area contributed by atoms with E-state index in [0.29, 0.717) is 10.7 Å². The maximum absolute atomic E-state index is 6.02. The molecular formula is C10H5BrClN3. The molecule has 15 heavy (non-hydrogen) atoms. The second-order valence-electron chi connectivity index (χ2n) is 3.21. The van der Waals surface area contributed by atoms with Gasteiger partial charge in [0.25, 0.3) is 0 Å². The molecule has 2 heterocycles. The fraction of sp³-hybridized carbons (Fsp3) is 0. The van der Waals surface area contributed by atoms with Gasteiger partial charge in [0.1, 0.15) is 5.52 Å². The quantitative estimate of drug-likeness (QED) is 0.641. The maximum Gasteiger partial charge on any atom is 0.157 e. The molecule has 0 unspecified atom stereocenters. The van der Waals surface area contributed by atoms with Gasteiger partial charge in [-0.3, -0.25) is 5.10 Å². The average molecular weight is 283 g/mol. The van der Waals surface area contributed by atoms with Crippen LogP contribution in [0.4, 0.5) is 0 Å². The first-order valence-corrected chi connectivity index (χ1v) is 5.51. The molecule has 1 aromatic carbocycles. The van der Waals surface area contributed by atoms with Crippen LogP contribution in [0.1, 0.15) is 0 Å². The van der Waals surface area contributed by atoms with Crippen molar-refractivity contribution in [2.75, 3.05) is 0 Å². The standard InChI is InChI=1S/C10H5BrClN3/c11-5-1-2-6-7-4-13-15-9(7)10(12)14-8(6)3-5/h1-4H,(H,13,15). The van der Waals surface area contributed by atoms with E-state index in [1.807, 2.05) is 24.4 Å². The van der Waals surface area contributed by atoms with Gasteiger partial charge in [-0.05, 0) is 12.1 Å². The molecule has 3 rings (SSSR count). The molecule has 0 aliphatic carbocycles. The van der Waals surface area contributed by atoms with Crippen molar-refractivity contribution in [3.8, 4) is 0 Å². The lowest BCUT2D eigenvalue weighted by molar-refractivity contribution is 1.12. The molecule has 0 radical (unpaired) electrons. The van der Waals surface area contributed by atoms with E-state index >= 15 is 0 Å². The SMILES string of the molecule is Clc1nc2cc(Br)ccc2c2c[nH]nc12. The normalized spacial score (nSPS) is 11.3. The number of benzene rings is 1. The Kier molecular flexibility index (Phi) is 1.94. The van der Waals surface area contributed by atoms with Crippen molar-refractivity contribution < 1.29 is 0 Å². The van der Waals surface area contributed by atoms with E-state index < -0.39 is 0 Å². The molecule has 3 nitrogen and oxygen atoms in total. The summed E-state index contributed by atoms with van der Waals surface area (Å²) in [4.78, 5) is 4.29. The number of nitrogens with zero attached hydrogens (tertiary/aromatic N) is 2. The lowest BCUT2D eigenvalue weighted by Crippen LogP contribution is -1.82. The van der Waals surface area contributed by atoms with E-state index in [9.17, 15) is 0 Å². The lowest BCUT2D eigenvalue weighted by Gasteiger charge is -2.00. The summed E-state index contributed by atoms with van der Waals surface area (Å²) < 4.78 is 0.987. The Hall–Kier alpha value is -1.13. The van der Waals surface area contributed by atoms with Crippen molar-refractivity contribution in [2.45, 2.75) is 0 Å². The highest BCUT2D eigenvalue weighted by atomic mass is 79.9. The maximum atomic E-state index is 6.02. The molecular weight excluding hydrogens is 277 g/mol. The van der Waals surface area contributed by atoms with Gasteiger partial charge >= 0.3 is 0 Å². The molecule has 2 aromatic heterocycles. The van der Waals surface area contributed by atoms with Gasteiger partial charge < -0.3 is 0 Å². The Morgan fingerprint density at radius 3 is 3.00 bits per heavy atom. The Morgan fingerprint density at radius 1 is 1.27 bits per heavy atom. The van der Waals surface area contributed by atoms with Crippen LogP contribution in [0, 0.1) is 0 Å². The second kappa shape index (κ2) is 3.18. The number of H-pyrrole nitrogens is 1. The summed E-state index contributed by atoms with van der Waals surface area (Å²) in [6, 6.07) is 5.92. The molecule has 74 valence electrons. The molecule has 0 aliphatic rings. The summed E-state index contributed by atoms with van der Waals surface area (Å²) in [6.45, 7) is 0. The number of hydrogen-bond donors (Lipinski definition) is 1. The van der Waals surface area contributed by atoms with Crippen LogP contribution in [0.5, 0.6) is 0 Å². The third kappa shape index (κ3) is 1.33. The molecule has 3 aromatic rings. The van der Waals surface area contributed by atoms with E-state index in [1.54, 1.807) is 0 Å². The smallest absolute Gasteiger partial charge is 0.157 e. The van der Waals surface area contributed by atoms with Crippen LogP contribution in [0.2, 0.25) is 5.15 Å². The highest BCUT2D eigenvalue weighted by Crippen LogP contribution is 2.28. The molecule has 0 saturated carbocycles. The summed E-state index contributed by atoms with van der Waals surface area (Å²) in [5.74, 6) is 0. The van der Waals surface area contributed by atoms with Gasteiger partial charge in [-0.25, -0.2) is 4.98 Å². The van der Waals surface area contributed by atoms with E-state index in [2.05, 4.69) is 31.1 Å². The van der Waals surface area contributed by atoms with Crippen molar-refractivity contribution >= 4 is 49.3 Å². The van der Waals surface area contributed by atoms with Crippen LogP contribution < -0.4 is 0 Å². The summed E-state index contributed by atoms with van der Waals surface area (Å²) >= 11 is 9.43. The number of halogens is 2. The van der Waals surface area contributed by atoms with Crippen LogP contribution in [-0.4, -0.2) is 15.2 Å². The molecule has 5 heteroatoms. The van der Waals surface area contributed by atoms with E-state index in [0.717, 1.165) is 20.8 Å². The predicted octanol–water partition coefficient (Wildman–Crippen LogP) is 3.53. The van der Waals surface area contributed by atoms with Gasteiger partial charge in [0, 0.05) is 21.4 Å². The average Bonchev–Trinajstić information content (AvgIpc) is 2.66. The van der Waals surface area contributed by atoms with Gasteiger partial charge in [-0.2, -0.15) is 5.10 Å². The van der Waals surface area contributed by atoms with Gasteiger partial charge in [0.05, 0.1) is 5.52 Å². The fourth-order valence-electron chi connectivity index (χ4n) is 1.64. The first-order chi connectivity index (χ1) is 7.25. The van der Waals surface area contributed by atoms with E-state index in [4.69, 9.17) is 11.6 Å². The number of nitrogens with one attached hydrogen (secondary N) is 1. The van der Waals surface area contributed by atoms with Crippen molar-refractivity contribution in [1.29, 1.82) is 0 Å². The molecule has 0 saturated heterocycles. The van der Waals surface area contributed by atoms with Crippen LogP contribution in [-0.2, 0) is 0 Å². The summed E-state index contributed by atoms with van der Waals surface area (Å²) in [7, 11) is 0. The molecule has 0 amide bonds. The first kappa shape index (κ1) is 9.12. The fourth-order valence-corrected chi connectivity index (χ4v) is 2.22. The van der Waals surface area contributed by atoms with Crippen molar-refractivity contribution in [3.05, 3.63) is 34.0 Å². The monoisotopic (exact) mass is 281 g/mol. The van der Waals surface area contributed by atoms with Crippen LogP contribution in [0.15, 0.2) is 28.9 Å². The number of hydrogen-bond acceptors (Lipinski definition) is 2. The van der Waals surface area contributed by atoms with Crippen LogP contribution in [0.3, 0.4) is 0 Å².